The number of hydrogen-bond donors (Lipinski definition) is 1. The molecule has 1 N–H and O–H groups in total. The number of rotatable bonds is 1. The van der Waals surface area contributed by atoms with E-state index in [1.807, 2.05) is 49.4 Å². The van der Waals surface area contributed by atoms with Crippen LogP contribution in [0.4, 0.5) is 5.69 Å². The fraction of sp³-hybridized carbons (Fsp3) is 0.235. The molecular formula is C17H16BrNO2. The first-order chi connectivity index (χ1) is 10.1. The lowest BCUT2D eigenvalue weighted by atomic mass is 9.95. The fourth-order valence-electron chi connectivity index (χ4n) is 2.82. The number of aliphatic hydroxyl groups is 1. The molecule has 0 bridgehead atoms. The van der Waals surface area contributed by atoms with Crippen molar-refractivity contribution in [3.8, 4) is 0 Å². The Morgan fingerprint density at radius 2 is 2.05 bits per heavy atom. The van der Waals surface area contributed by atoms with Gasteiger partial charge >= 0.3 is 0 Å². The van der Waals surface area contributed by atoms with Gasteiger partial charge < -0.3 is 10.0 Å². The number of benzene rings is 2. The number of aliphatic hydroxyl groups excluding tert-OH is 1. The lowest BCUT2D eigenvalue weighted by molar-refractivity contribution is 0.0970. The maximum Gasteiger partial charge on any atom is 0.258 e. The second kappa shape index (κ2) is 5.62. The normalized spacial score (nSPS) is 17.5. The Kier molecular flexibility index (Phi) is 3.83. The lowest BCUT2D eigenvalue weighted by Crippen LogP contribution is -2.37. The SMILES string of the molecule is Cc1cccc2c1N(C(=O)c1cccc(Br)c1)CCC2O. The van der Waals surface area contributed by atoms with Gasteiger partial charge in [0.15, 0.2) is 0 Å². The van der Waals surface area contributed by atoms with Crippen LogP contribution in [0, 0.1) is 6.92 Å². The topological polar surface area (TPSA) is 40.5 Å². The standard InChI is InChI=1S/C17H16BrNO2/c1-11-4-2-7-14-15(20)8-9-19(16(11)14)17(21)12-5-3-6-13(18)10-12/h2-7,10,15,20H,8-9H2,1H3. The minimum Gasteiger partial charge on any atom is -0.388 e. The average Bonchev–Trinajstić information content (AvgIpc) is 2.48. The molecule has 0 spiro atoms. The van der Waals surface area contributed by atoms with Crippen LogP contribution in [0.3, 0.4) is 0 Å². The molecule has 1 aliphatic heterocycles. The minimum absolute atomic E-state index is 0.0289. The molecule has 0 radical (unpaired) electrons. The Balaban J connectivity index is 2.05. The first kappa shape index (κ1) is 14.3. The number of nitrogens with zero attached hydrogens (tertiary/aromatic N) is 1. The van der Waals surface area contributed by atoms with Crippen LogP contribution < -0.4 is 4.90 Å². The van der Waals surface area contributed by atoms with E-state index >= 15 is 0 Å². The van der Waals surface area contributed by atoms with Gasteiger partial charge in [-0.15, -0.1) is 0 Å². The summed E-state index contributed by atoms with van der Waals surface area (Å²) < 4.78 is 0.885. The van der Waals surface area contributed by atoms with Crippen molar-refractivity contribution in [3.05, 3.63) is 63.6 Å². The van der Waals surface area contributed by atoms with Gasteiger partial charge in [0.05, 0.1) is 11.8 Å². The van der Waals surface area contributed by atoms with E-state index in [1.54, 1.807) is 4.90 Å². The van der Waals surface area contributed by atoms with E-state index in [0.29, 0.717) is 18.5 Å². The van der Waals surface area contributed by atoms with Crippen molar-refractivity contribution in [2.75, 3.05) is 11.4 Å². The molecule has 0 aliphatic carbocycles. The van der Waals surface area contributed by atoms with E-state index in [0.717, 1.165) is 21.3 Å². The maximum atomic E-state index is 12.8. The summed E-state index contributed by atoms with van der Waals surface area (Å²) in [6.45, 7) is 2.50. The molecule has 1 unspecified atom stereocenters. The van der Waals surface area contributed by atoms with Crippen LogP contribution in [0.15, 0.2) is 46.9 Å². The lowest BCUT2D eigenvalue weighted by Gasteiger charge is -2.33. The van der Waals surface area contributed by atoms with Gasteiger partial charge in [-0.1, -0.05) is 40.2 Å². The summed E-state index contributed by atoms with van der Waals surface area (Å²) in [5.41, 5.74) is 3.34. The fourth-order valence-corrected chi connectivity index (χ4v) is 3.22. The molecule has 0 aromatic heterocycles. The molecule has 2 aromatic carbocycles. The number of para-hydroxylation sites is 1. The molecule has 4 heteroatoms. The molecule has 0 saturated carbocycles. The number of halogens is 1. The zero-order chi connectivity index (χ0) is 15.0. The van der Waals surface area contributed by atoms with Crippen molar-refractivity contribution in [1.29, 1.82) is 0 Å². The monoisotopic (exact) mass is 345 g/mol. The molecule has 1 heterocycles. The highest BCUT2D eigenvalue weighted by Crippen LogP contribution is 2.37. The molecule has 3 nitrogen and oxygen atoms in total. The Hall–Kier alpha value is -1.65. The van der Waals surface area contributed by atoms with Crippen molar-refractivity contribution in [1.82, 2.24) is 0 Å². The summed E-state index contributed by atoms with van der Waals surface area (Å²) in [4.78, 5) is 14.6. The summed E-state index contributed by atoms with van der Waals surface area (Å²) >= 11 is 3.40. The van der Waals surface area contributed by atoms with Crippen molar-refractivity contribution < 1.29 is 9.90 Å². The highest BCUT2D eigenvalue weighted by molar-refractivity contribution is 9.10. The zero-order valence-corrected chi connectivity index (χ0v) is 13.3. The van der Waals surface area contributed by atoms with Gasteiger partial charge in [0, 0.05) is 22.1 Å². The Morgan fingerprint density at radius 1 is 1.29 bits per heavy atom. The number of hydrogen-bond acceptors (Lipinski definition) is 2. The van der Waals surface area contributed by atoms with E-state index in [9.17, 15) is 9.90 Å². The third-order valence-electron chi connectivity index (χ3n) is 3.84. The molecule has 2 aromatic rings. The number of carbonyl (C=O) groups is 1. The summed E-state index contributed by atoms with van der Waals surface area (Å²) in [6.07, 6.45) is 0.0717. The summed E-state index contributed by atoms with van der Waals surface area (Å²) in [6, 6.07) is 13.2. The molecule has 3 rings (SSSR count). The first-order valence-electron chi connectivity index (χ1n) is 6.93. The smallest absolute Gasteiger partial charge is 0.258 e. The zero-order valence-electron chi connectivity index (χ0n) is 11.7. The molecule has 1 aliphatic rings. The van der Waals surface area contributed by atoms with Gasteiger partial charge in [-0.3, -0.25) is 4.79 Å². The van der Waals surface area contributed by atoms with Crippen molar-refractivity contribution in [3.63, 3.8) is 0 Å². The number of aryl methyl sites for hydroxylation is 1. The molecule has 21 heavy (non-hydrogen) atoms. The van der Waals surface area contributed by atoms with Crippen molar-refractivity contribution >= 4 is 27.5 Å². The highest BCUT2D eigenvalue weighted by Gasteiger charge is 2.29. The molecule has 1 atom stereocenters. The second-order valence-corrected chi connectivity index (χ2v) is 6.20. The summed E-state index contributed by atoms with van der Waals surface area (Å²) in [5.74, 6) is -0.0289. The number of carbonyl (C=O) groups excluding carboxylic acids is 1. The van der Waals surface area contributed by atoms with Crippen LogP contribution in [0.25, 0.3) is 0 Å². The first-order valence-corrected chi connectivity index (χ1v) is 7.72. The van der Waals surface area contributed by atoms with E-state index < -0.39 is 6.10 Å². The van der Waals surface area contributed by atoms with Gasteiger partial charge in [0.25, 0.3) is 5.91 Å². The minimum atomic E-state index is -0.494. The van der Waals surface area contributed by atoms with Gasteiger partial charge in [0.2, 0.25) is 0 Å². The van der Waals surface area contributed by atoms with Crippen LogP contribution in [-0.4, -0.2) is 17.6 Å². The predicted molar refractivity (Wildman–Crippen MR) is 86.6 cm³/mol. The number of amides is 1. The molecule has 108 valence electrons. The van der Waals surface area contributed by atoms with Crippen molar-refractivity contribution in [2.24, 2.45) is 0 Å². The van der Waals surface area contributed by atoms with E-state index in [-0.39, 0.29) is 5.91 Å². The van der Waals surface area contributed by atoms with Gasteiger partial charge in [0.1, 0.15) is 0 Å². The van der Waals surface area contributed by atoms with Gasteiger partial charge in [-0.05, 0) is 37.1 Å². The third kappa shape index (κ3) is 2.61. The molecule has 0 saturated heterocycles. The summed E-state index contributed by atoms with van der Waals surface area (Å²) in [7, 11) is 0. The largest absolute Gasteiger partial charge is 0.388 e. The van der Waals surface area contributed by atoms with Crippen LogP contribution in [-0.2, 0) is 0 Å². The Morgan fingerprint density at radius 3 is 2.81 bits per heavy atom. The summed E-state index contributed by atoms with van der Waals surface area (Å²) in [5, 5.41) is 10.2. The number of anilines is 1. The average molecular weight is 346 g/mol. The van der Waals surface area contributed by atoms with E-state index in [2.05, 4.69) is 15.9 Å². The maximum absolute atomic E-state index is 12.8. The van der Waals surface area contributed by atoms with Crippen LogP contribution in [0.5, 0.6) is 0 Å². The predicted octanol–water partition coefficient (Wildman–Crippen LogP) is 3.84. The van der Waals surface area contributed by atoms with Crippen LogP contribution in [0.1, 0.15) is 34.0 Å². The van der Waals surface area contributed by atoms with Crippen molar-refractivity contribution in [2.45, 2.75) is 19.4 Å². The quantitative estimate of drug-likeness (QED) is 0.852. The number of fused-ring (bicyclic) bond motifs is 1. The molecule has 0 fully saturated rings. The van der Waals surface area contributed by atoms with Gasteiger partial charge in [-0.2, -0.15) is 0 Å². The second-order valence-electron chi connectivity index (χ2n) is 5.28. The van der Waals surface area contributed by atoms with Crippen LogP contribution in [0.2, 0.25) is 0 Å². The third-order valence-corrected chi connectivity index (χ3v) is 4.33. The Labute approximate surface area is 132 Å². The Bertz CT molecular complexity index is 699. The van der Waals surface area contributed by atoms with E-state index in [4.69, 9.17) is 0 Å². The molecule has 1 amide bonds. The van der Waals surface area contributed by atoms with E-state index in [1.165, 1.54) is 0 Å². The van der Waals surface area contributed by atoms with Gasteiger partial charge in [-0.25, -0.2) is 0 Å². The molecular weight excluding hydrogens is 330 g/mol. The highest BCUT2D eigenvalue weighted by atomic mass is 79.9. The van der Waals surface area contributed by atoms with Crippen LogP contribution >= 0.6 is 15.9 Å².